The number of nitrogens with zero attached hydrogens (tertiary/aromatic N) is 2. The zero-order valence-electron chi connectivity index (χ0n) is 21.1. The number of methoxy groups -OCH3 is 1. The molecule has 0 spiro atoms. The first-order valence-corrected chi connectivity index (χ1v) is 12.4. The van der Waals surface area contributed by atoms with E-state index >= 15 is 0 Å². The first kappa shape index (κ1) is 26.2. The Balaban J connectivity index is 0.00000102. The predicted molar refractivity (Wildman–Crippen MR) is 141 cm³/mol. The molecular formula is C28H32FN5O3. The summed E-state index contributed by atoms with van der Waals surface area (Å²) >= 11 is 0. The second-order valence-electron chi connectivity index (χ2n) is 9.48. The number of aryl methyl sites for hydroxylation is 1. The number of carbonyl (C=O) groups is 2. The largest absolute Gasteiger partial charge is 0.383 e. The minimum absolute atomic E-state index is 0.0125. The van der Waals surface area contributed by atoms with Crippen molar-refractivity contribution in [2.45, 2.75) is 44.6 Å². The summed E-state index contributed by atoms with van der Waals surface area (Å²) in [4.78, 5) is 29.3. The van der Waals surface area contributed by atoms with E-state index in [4.69, 9.17) is 9.53 Å². The van der Waals surface area contributed by atoms with Crippen LogP contribution < -0.4 is 16.4 Å². The van der Waals surface area contributed by atoms with Crippen molar-refractivity contribution >= 4 is 23.8 Å². The Morgan fingerprint density at radius 2 is 1.92 bits per heavy atom. The normalized spacial score (nSPS) is 15.2. The van der Waals surface area contributed by atoms with Crippen molar-refractivity contribution in [3.05, 3.63) is 60.2 Å². The van der Waals surface area contributed by atoms with Gasteiger partial charge in [-0.25, -0.2) is 14.4 Å². The highest BCUT2D eigenvalue weighted by Crippen LogP contribution is 2.42. The molecule has 0 bridgehead atoms. The highest BCUT2D eigenvalue weighted by molar-refractivity contribution is 5.93. The number of rotatable bonds is 9. The van der Waals surface area contributed by atoms with Crippen LogP contribution in [-0.4, -0.2) is 41.5 Å². The van der Waals surface area contributed by atoms with Gasteiger partial charge in [-0.2, -0.15) is 0 Å². The molecule has 2 saturated carbocycles. The second-order valence-corrected chi connectivity index (χ2v) is 9.48. The van der Waals surface area contributed by atoms with E-state index in [0.29, 0.717) is 18.1 Å². The smallest absolute Gasteiger partial charge is 0.228 e. The van der Waals surface area contributed by atoms with Crippen LogP contribution in [0.5, 0.6) is 0 Å². The summed E-state index contributed by atoms with van der Waals surface area (Å²) in [6, 6.07) is 13.2. The van der Waals surface area contributed by atoms with E-state index in [0.717, 1.165) is 60.1 Å². The molecule has 3 aromatic rings. The fourth-order valence-electron chi connectivity index (χ4n) is 4.24. The van der Waals surface area contributed by atoms with Gasteiger partial charge in [-0.05, 0) is 73.9 Å². The van der Waals surface area contributed by atoms with E-state index in [1.54, 1.807) is 19.2 Å². The Hall–Kier alpha value is -3.85. The fourth-order valence-corrected chi connectivity index (χ4v) is 4.24. The molecule has 0 saturated heterocycles. The molecule has 37 heavy (non-hydrogen) atoms. The van der Waals surface area contributed by atoms with Crippen LogP contribution in [-0.2, 0) is 14.3 Å². The third kappa shape index (κ3) is 6.68. The summed E-state index contributed by atoms with van der Waals surface area (Å²) < 4.78 is 20.2. The van der Waals surface area contributed by atoms with Crippen LogP contribution in [0.25, 0.3) is 22.4 Å². The van der Waals surface area contributed by atoms with Gasteiger partial charge in [0.15, 0.2) is 0 Å². The Kier molecular flexibility index (Phi) is 8.13. The van der Waals surface area contributed by atoms with E-state index in [1.165, 1.54) is 6.33 Å². The fraction of sp³-hybridized carbons (Fsp3) is 0.357. The van der Waals surface area contributed by atoms with E-state index in [-0.39, 0.29) is 29.7 Å². The van der Waals surface area contributed by atoms with Crippen LogP contribution in [0, 0.1) is 18.7 Å². The maximum Gasteiger partial charge on any atom is 0.228 e. The lowest BCUT2D eigenvalue weighted by atomic mass is 9.97. The zero-order valence-corrected chi connectivity index (χ0v) is 21.1. The molecule has 2 amide bonds. The summed E-state index contributed by atoms with van der Waals surface area (Å²) in [5, 5.41) is 6.12. The summed E-state index contributed by atoms with van der Waals surface area (Å²) in [5.74, 6) is 0.363. The average molecular weight is 506 g/mol. The van der Waals surface area contributed by atoms with Gasteiger partial charge in [0, 0.05) is 31.2 Å². The molecule has 2 aromatic carbocycles. The number of amides is 2. The molecule has 1 heterocycles. The van der Waals surface area contributed by atoms with Crippen molar-refractivity contribution < 1.29 is 18.7 Å². The molecule has 194 valence electrons. The number of benzene rings is 2. The number of halogens is 1. The number of primary amides is 1. The van der Waals surface area contributed by atoms with Crippen LogP contribution in [0.15, 0.2) is 48.8 Å². The van der Waals surface area contributed by atoms with Gasteiger partial charge >= 0.3 is 0 Å². The van der Waals surface area contributed by atoms with Crippen LogP contribution in [0.4, 0.5) is 15.9 Å². The highest BCUT2D eigenvalue weighted by atomic mass is 19.1. The number of carbonyl (C=O) groups excluding carboxylic acids is 2. The summed E-state index contributed by atoms with van der Waals surface area (Å²) in [5.41, 5.74) is 9.03. The Labute approximate surface area is 215 Å². The van der Waals surface area contributed by atoms with Crippen LogP contribution in [0.2, 0.25) is 0 Å². The van der Waals surface area contributed by atoms with Gasteiger partial charge in [0.1, 0.15) is 18.0 Å². The minimum atomic E-state index is -0.258. The third-order valence-electron chi connectivity index (χ3n) is 6.79. The molecule has 2 fully saturated rings. The number of anilines is 2. The van der Waals surface area contributed by atoms with E-state index in [9.17, 15) is 9.18 Å². The first-order valence-electron chi connectivity index (χ1n) is 12.4. The lowest BCUT2D eigenvalue weighted by Crippen LogP contribution is -2.17. The molecule has 8 nitrogen and oxygen atoms in total. The summed E-state index contributed by atoms with van der Waals surface area (Å²) in [7, 11) is 1.74. The lowest BCUT2D eigenvalue weighted by molar-refractivity contribution is -0.117. The molecule has 2 aliphatic rings. The maximum atomic E-state index is 14.7. The molecule has 4 N–H and O–H groups in total. The van der Waals surface area contributed by atoms with Crippen molar-refractivity contribution in [3.63, 3.8) is 0 Å². The van der Waals surface area contributed by atoms with Gasteiger partial charge < -0.3 is 21.1 Å². The standard InChI is InChI=1S/C27H29FN4O2.CH3NO/c1-17-12-22(28)24(29-11-10-27(34-2)8-9-27)14-21(17)19-4-3-5-20(13-19)23-15-25(31-16-30-23)32-26(33)18-6-7-18;2-1-3/h3-5,12-16,18,29H,6-11H2,1-2H3,(H,30,31,32,33);1H,(H2,2,3). The van der Waals surface area contributed by atoms with Crippen molar-refractivity contribution in [3.8, 4) is 22.4 Å². The second kappa shape index (κ2) is 11.5. The van der Waals surface area contributed by atoms with E-state index in [1.807, 2.05) is 37.3 Å². The minimum Gasteiger partial charge on any atom is -0.383 e. The van der Waals surface area contributed by atoms with Crippen molar-refractivity contribution in [1.82, 2.24) is 9.97 Å². The number of ether oxygens (including phenoxy) is 1. The van der Waals surface area contributed by atoms with Crippen LogP contribution in [0.3, 0.4) is 0 Å². The molecule has 0 radical (unpaired) electrons. The molecule has 1 aromatic heterocycles. The Morgan fingerprint density at radius 1 is 1.19 bits per heavy atom. The maximum absolute atomic E-state index is 14.7. The molecule has 5 rings (SSSR count). The number of nitrogens with one attached hydrogen (secondary N) is 2. The monoisotopic (exact) mass is 505 g/mol. The first-order chi connectivity index (χ1) is 17.9. The average Bonchev–Trinajstić information content (AvgIpc) is 3.81. The van der Waals surface area contributed by atoms with Gasteiger partial charge in [-0.1, -0.05) is 18.2 Å². The Bertz CT molecular complexity index is 1270. The zero-order chi connectivity index (χ0) is 26.4. The van der Waals surface area contributed by atoms with Crippen LogP contribution >= 0.6 is 0 Å². The number of nitrogens with two attached hydrogens (primary N) is 1. The Morgan fingerprint density at radius 3 is 2.59 bits per heavy atom. The summed E-state index contributed by atoms with van der Waals surface area (Å²) in [6.45, 7) is 2.57. The number of aromatic nitrogens is 2. The van der Waals surface area contributed by atoms with Gasteiger partial charge in [0.05, 0.1) is 17.0 Å². The number of hydrogen-bond acceptors (Lipinski definition) is 6. The van der Waals surface area contributed by atoms with E-state index < -0.39 is 0 Å². The number of hydrogen-bond donors (Lipinski definition) is 3. The topological polar surface area (TPSA) is 119 Å². The molecule has 9 heteroatoms. The quantitative estimate of drug-likeness (QED) is 0.363. The molecular weight excluding hydrogens is 473 g/mol. The predicted octanol–water partition coefficient (Wildman–Crippen LogP) is 4.69. The summed E-state index contributed by atoms with van der Waals surface area (Å²) in [6.07, 6.45) is 6.57. The van der Waals surface area contributed by atoms with Gasteiger partial charge in [-0.3, -0.25) is 9.59 Å². The van der Waals surface area contributed by atoms with E-state index in [2.05, 4.69) is 26.3 Å². The molecule has 2 aliphatic carbocycles. The highest BCUT2D eigenvalue weighted by Gasteiger charge is 2.42. The SMILES string of the molecule is COC1(CCNc2cc(-c3cccc(-c4cc(NC(=O)C5CC5)ncn4)c3)c(C)cc2F)CC1.NC=O. The van der Waals surface area contributed by atoms with Gasteiger partial charge in [0.2, 0.25) is 12.3 Å². The molecule has 0 atom stereocenters. The molecule has 0 unspecified atom stereocenters. The van der Waals surface area contributed by atoms with Crippen molar-refractivity contribution in [1.29, 1.82) is 0 Å². The lowest BCUT2D eigenvalue weighted by Gasteiger charge is -2.16. The van der Waals surface area contributed by atoms with Crippen LogP contribution in [0.1, 0.15) is 37.7 Å². The van der Waals surface area contributed by atoms with Crippen molar-refractivity contribution in [2.24, 2.45) is 11.7 Å². The van der Waals surface area contributed by atoms with Gasteiger partial charge in [0.25, 0.3) is 0 Å². The van der Waals surface area contributed by atoms with Gasteiger partial charge in [-0.15, -0.1) is 0 Å². The van der Waals surface area contributed by atoms with Crippen molar-refractivity contribution in [2.75, 3.05) is 24.3 Å². The molecule has 0 aliphatic heterocycles. The third-order valence-corrected chi connectivity index (χ3v) is 6.79.